The lowest BCUT2D eigenvalue weighted by atomic mass is 9.79. The zero-order valence-electron chi connectivity index (χ0n) is 18.2. The predicted molar refractivity (Wildman–Crippen MR) is 117 cm³/mol. The molecule has 3 aliphatic heterocycles. The maximum atomic E-state index is 13.1. The molecule has 0 saturated carbocycles. The Kier molecular flexibility index (Phi) is 6.37. The van der Waals surface area contributed by atoms with Crippen LogP contribution in [-0.4, -0.2) is 75.0 Å². The molecule has 3 saturated heterocycles. The van der Waals surface area contributed by atoms with E-state index in [-0.39, 0.29) is 24.3 Å². The van der Waals surface area contributed by atoms with Crippen LogP contribution >= 0.6 is 0 Å². The molecule has 3 aliphatic rings. The Labute approximate surface area is 184 Å². The molecule has 8 nitrogen and oxygen atoms in total. The Morgan fingerprint density at radius 3 is 1.97 bits per heavy atom. The first-order valence-electron chi connectivity index (χ1n) is 11.0. The second kappa shape index (κ2) is 8.88. The normalized spacial score (nSPS) is 25.4. The number of imide groups is 1. The molecule has 1 unspecified atom stereocenters. The fourth-order valence-corrected chi connectivity index (χ4v) is 6.16. The van der Waals surface area contributed by atoms with Gasteiger partial charge in [0.1, 0.15) is 5.75 Å². The highest BCUT2D eigenvalue weighted by molar-refractivity contribution is 7.88. The summed E-state index contributed by atoms with van der Waals surface area (Å²) >= 11 is 0. The van der Waals surface area contributed by atoms with Crippen molar-refractivity contribution < 1.29 is 22.7 Å². The van der Waals surface area contributed by atoms with Gasteiger partial charge in [-0.3, -0.25) is 14.5 Å². The van der Waals surface area contributed by atoms with Gasteiger partial charge in [0.2, 0.25) is 15.9 Å². The molecule has 170 valence electrons. The second-order valence-electron chi connectivity index (χ2n) is 8.86. The standard InChI is InChI=1S/C22H31N3O5S/c1-30-19-5-3-18(4-6-19)25-21(26)15-20(22(25)27)23-11-7-16(8-12-23)17-9-13-24(14-10-17)31(2,28)29/h3-6,16-17,20H,7-15H2,1-2H3. The Morgan fingerprint density at radius 2 is 1.45 bits per heavy atom. The second-order valence-corrected chi connectivity index (χ2v) is 10.8. The molecule has 3 heterocycles. The molecule has 9 heteroatoms. The molecule has 0 radical (unpaired) electrons. The highest BCUT2D eigenvalue weighted by atomic mass is 32.2. The fourth-order valence-electron chi connectivity index (χ4n) is 5.29. The van der Waals surface area contributed by atoms with E-state index in [0.29, 0.717) is 36.4 Å². The van der Waals surface area contributed by atoms with Gasteiger partial charge < -0.3 is 4.74 Å². The van der Waals surface area contributed by atoms with Gasteiger partial charge in [-0.2, -0.15) is 0 Å². The number of benzene rings is 1. The number of carbonyl (C=O) groups is 2. The predicted octanol–water partition coefficient (Wildman–Crippen LogP) is 1.71. The number of carbonyl (C=O) groups excluding carboxylic acids is 2. The van der Waals surface area contributed by atoms with Gasteiger partial charge >= 0.3 is 0 Å². The zero-order chi connectivity index (χ0) is 22.2. The summed E-state index contributed by atoms with van der Waals surface area (Å²) in [5.41, 5.74) is 0.589. The van der Waals surface area contributed by atoms with Gasteiger partial charge in [0.15, 0.2) is 0 Å². The Hall–Kier alpha value is -1.97. The summed E-state index contributed by atoms with van der Waals surface area (Å²) in [5.74, 6) is 1.48. The summed E-state index contributed by atoms with van der Waals surface area (Å²) in [7, 11) is -1.52. The van der Waals surface area contributed by atoms with E-state index >= 15 is 0 Å². The average Bonchev–Trinajstić information content (AvgIpc) is 3.07. The first-order valence-corrected chi connectivity index (χ1v) is 12.8. The SMILES string of the molecule is COc1ccc(N2C(=O)CC(N3CCC(C4CCN(S(C)(=O)=O)CC4)CC3)C2=O)cc1. The molecule has 0 aromatic heterocycles. The number of piperidine rings is 2. The van der Waals surface area contributed by atoms with Crippen molar-refractivity contribution in [1.29, 1.82) is 0 Å². The van der Waals surface area contributed by atoms with Gasteiger partial charge in [-0.15, -0.1) is 0 Å². The minimum Gasteiger partial charge on any atom is -0.497 e. The molecule has 0 spiro atoms. The number of hydrogen-bond donors (Lipinski definition) is 0. The monoisotopic (exact) mass is 449 g/mol. The van der Waals surface area contributed by atoms with E-state index in [9.17, 15) is 18.0 Å². The summed E-state index contributed by atoms with van der Waals surface area (Å²) < 4.78 is 30.2. The lowest BCUT2D eigenvalue weighted by Crippen LogP contribution is -2.47. The fraction of sp³-hybridized carbons (Fsp3) is 0.636. The third-order valence-electron chi connectivity index (χ3n) is 7.10. The number of hydrogen-bond acceptors (Lipinski definition) is 6. The summed E-state index contributed by atoms with van der Waals surface area (Å²) in [5, 5.41) is 0. The number of nitrogens with zero attached hydrogens (tertiary/aromatic N) is 3. The largest absolute Gasteiger partial charge is 0.497 e. The maximum absolute atomic E-state index is 13.1. The Bertz CT molecular complexity index is 917. The van der Waals surface area contributed by atoms with Crippen molar-refractivity contribution in [2.24, 2.45) is 11.8 Å². The molecule has 0 N–H and O–H groups in total. The minimum atomic E-state index is -3.10. The summed E-state index contributed by atoms with van der Waals surface area (Å²) in [4.78, 5) is 29.1. The molecule has 3 fully saturated rings. The molecule has 0 bridgehead atoms. The van der Waals surface area contributed by atoms with Gasteiger partial charge in [0.25, 0.3) is 5.91 Å². The van der Waals surface area contributed by atoms with Crippen LogP contribution in [0.4, 0.5) is 5.69 Å². The lowest BCUT2D eigenvalue weighted by molar-refractivity contribution is -0.123. The molecule has 0 aliphatic carbocycles. The number of methoxy groups -OCH3 is 1. The van der Waals surface area contributed by atoms with Crippen molar-refractivity contribution in [3.05, 3.63) is 24.3 Å². The average molecular weight is 450 g/mol. The van der Waals surface area contributed by atoms with E-state index in [1.54, 1.807) is 35.7 Å². The van der Waals surface area contributed by atoms with Gasteiger partial charge in [-0.1, -0.05) is 0 Å². The van der Waals surface area contributed by atoms with Crippen LogP contribution < -0.4 is 9.64 Å². The van der Waals surface area contributed by atoms with E-state index in [0.717, 1.165) is 38.8 Å². The highest BCUT2D eigenvalue weighted by Gasteiger charge is 2.44. The van der Waals surface area contributed by atoms with Crippen molar-refractivity contribution in [2.75, 3.05) is 44.4 Å². The van der Waals surface area contributed by atoms with Crippen molar-refractivity contribution in [3.63, 3.8) is 0 Å². The van der Waals surface area contributed by atoms with Crippen LogP contribution in [0.5, 0.6) is 5.75 Å². The number of amides is 2. The van der Waals surface area contributed by atoms with E-state index < -0.39 is 10.0 Å². The van der Waals surface area contributed by atoms with Gasteiger partial charge in [-0.05, 0) is 74.9 Å². The number of anilines is 1. The van der Waals surface area contributed by atoms with Crippen LogP contribution in [0.1, 0.15) is 32.1 Å². The minimum absolute atomic E-state index is 0.143. The summed E-state index contributed by atoms with van der Waals surface area (Å²) in [6, 6.07) is 6.61. The molecule has 1 atom stereocenters. The molecule has 2 amide bonds. The topological polar surface area (TPSA) is 87.2 Å². The quantitative estimate of drug-likeness (QED) is 0.636. The number of likely N-dealkylation sites (tertiary alicyclic amines) is 1. The van der Waals surface area contributed by atoms with Crippen LogP contribution in [0.3, 0.4) is 0 Å². The first-order chi connectivity index (χ1) is 14.8. The smallest absolute Gasteiger partial charge is 0.251 e. The molecule has 1 aromatic carbocycles. The van der Waals surface area contributed by atoms with Crippen LogP contribution in [-0.2, 0) is 19.6 Å². The van der Waals surface area contributed by atoms with E-state index in [1.807, 2.05) is 0 Å². The summed E-state index contributed by atoms with van der Waals surface area (Å²) in [6.07, 6.45) is 5.30. The van der Waals surface area contributed by atoms with E-state index in [4.69, 9.17) is 4.74 Å². The molecular weight excluding hydrogens is 418 g/mol. The molecule has 4 rings (SSSR count). The van der Waals surface area contributed by atoms with Crippen molar-refractivity contribution in [3.8, 4) is 5.75 Å². The Morgan fingerprint density at radius 1 is 0.903 bits per heavy atom. The van der Waals surface area contributed by atoms with E-state index in [1.165, 1.54) is 11.2 Å². The van der Waals surface area contributed by atoms with Crippen molar-refractivity contribution in [2.45, 2.75) is 38.1 Å². The molecule has 31 heavy (non-hydrogen) atoms. The molecular formula is C22H31N3O5S. The van der Waals surface area contributed by atoms with Crippen LogP contribution in [0.15, 0.2) is 24.3 Å². The molecule has 1 aromatic rings. The third-order valence-corrected chi connectivity index (χ3v) is 8.41. The highest BCUT2D eigenvalue weighted by Crippen LogP contribution is 2.35. The van der Waals surface area contributed by atoms with Crippen molar-refractivity contribution in [1.82, 2.24) is 9.21 Å². The number of sulfonamides is 1. The lowest BCUT2D eigenvalue weighted by Gasteiger charge is -2.40. The van der Waals surface area contributed by atoms with E-state index in [2.05, 4.69) is 4.90 Å². The number of rotatable bonds is 5. The van der Waals surface area contributed by atoms with Gasteiger partial charge in [0.05, 0.1) is 31.5 Å². The van der Waals surface area contributed by atoms with Gasteiger partial charge in [-0.25, -0.2) is 17.6 Å². The number of ether oxygens (including phenoxy) is 1. The Balaban J connectivity index is 1.33. The maximum Gasteiger partial charge on any atom is 0.251 e. The van der Waals surface area contributed by atoms with Crippen LogP contribution in [0, 0.1) is 11.8 Å². The van der Waals surface area contributed by atoms with Crippen LogP contribution in [0.2, 0.25) is 0 Å². The van der Waals surface area contributed by atoms with Crippen LogP contribution in [0.25, 0.3) is 0 Å². The summed E-state index contributed by atoms with van der Waals surface area (Å²) in [6.45, 7) is 2.82. The van der Waals surface area contributed by atoms with Gasteiger partial charge in [0, 0.05) is 13.1 Å². The van der Waals surface area contributed by atoms with Crippen molar-refractivity contribution >= 4 is 27.5 Å². The zero-order valence-corrected chi connectivity index (χ0v) is 19.0. The third kappa shape index (κ3) is 4.63. The first kappa shape index (κ1) is 22.2.